The smallest absolute Gasteiger partial charge is 0.226 e. The van der Waals surface area contributed by atoms with Gasteiger partial charge >= 0.3 is 0 Å². The molecule has 2 aromatic heterocycles. The Labute approximate surface area is 90.3 Å². The van der Waals surface area contributed by atoms with Gasteiger partial charge in [-0.3, -0.25) is 0 Å². The van der Waals surface area contributed by atoms with Gasteiger partial charge in [-0.1, -0.05) is 6.07 Å². The molecule has 72 valence electrons. The standard InChI is InChI=1S/C9H7ClN2OS/c1-13-8-6(5-11-9(10)12-8)7-3-2-4-14-7/h2-5H,1H3. The molecule has 14 heavy (non-hydrogen) atoms. The number of methoxy groups -OCH3 is 1. The Morgan fingerprint density at radius 2 is 2.36 bits per heavy atom. The summed E-state index contributed by atoms with van der Waals surface area (Å²) < 4.78 is 5.12. The van der Waals surface area contributed by atoms with Crippen LogP contribution in [-0.2, 0) is 0 Å². The van der Waals surface area contributed by atoms with Crippen LogP contribution in [0.1, 0.15) is 0 Å². The Morgan fingerprint density at radius 1 is 1.50 bits per heavy atom. The number of hydrogen-bond acceptors (Lipinski definition) is 4. The van der Waals surface area contributed by atoms with Crippen LogP contribution < -0.4 is 4.74 Å². The molecular weight excluding hydrogens is 220 g/mol. The molecule has 0 aliphatic rings. The number of aromatic nitrogens is 2. The van der Waals surface area contributed by atoms with Crippen LogP contribution in [0.4, 0.5) is 0 Å². The molecule has 0 bridgehead atoms. The molecule has 2 rings (SSSR count). The summed E-state index contributed by atoms with van der Waals surface area (Å²) in [5.74, 6) is 0.507. The molecule has 0 saturated carbocycles. The van der Waals surface area contributed by atoms with E-state index in [0.717, 1.165) is 10.4 Å². The lowest BCUT2D eigenvalue weighted by Gasteiger charge is -2.04. The highest BCUT2D eigenvalue weighted by atomic mass is 35.5. The van der Waals surface area contributed by atoms with Crippen LogP contribution in [-0.4, -0.2) is 17.1 Å². The minimum Gasteiger partial charge on any atom is -0.480 e. The SMILES string of the molecule is COc1nc(Cl)ncc1-c1cccs1. The fourth-order valence-electron chi connectivity index (χ4n) is 1.10. The van der Waals surface area contributed by atoms with E-state index in [1.54, 1.807) is 24.6 Å². The third kappa shape index (κ3) is 1.71. The first-order valence-electron chi connectivity index (χ1n) is 3.91. The van der Waals surface area contributed by atoms with Crippen LogP contribution in [0.5, 0.6) is 5.88 Å². The van der Waals surface area contributed by atoms with Gasteiger partial charge in [0.15, 0.2) is 0 Å². The van der Waals surface area contributed by atoms with Crippen molar-refractivity contribution >= 4 is 22.9 Å². The number of nitrogens with zero attached hydrogens (tertiary/aromatic N) is 2. The zero-order valence-electron chi connectivity index (χ0n) is 7.40. The molecule has 0 N–H and O–H groups in total. The summed E-state index contributed by atoms with van der Waals surface area (Å²) in [6.45, 7) is 0. The quantitative estimate of drug-likeness (QED) is 0.739. The highest BCUT2D eigenvalue weighted by Crippen LogP contribution is 2.31. The Bertz CT molecular complexity index is 430. The lowest BCUT2D eigenvalue weighted by molar-refractivity contribution is 0.399. The van der Waals surface area contributed by atoms with Gasteiger partial charge in [-0.2, -0.15) is 4.98 Å². The second-order valence-corrected chi connectivity index (χ2v) is 3.83. The van der Waals surface area contributed by atoms with E-state index in [9.17, 15) is 0 Å². The Hall–Kier alpha value is -1.13. The van der Waals surface area contributed by atoms with E-state index in [2.05, 4.69) is 9.97 Å². The molecule has 0 aliphatic heterocycles. The average Bonchev–Trinajstić information content (AvgIpc) is 2.70. The van der Waals surface area contributed by atoms with Crippen molar-refractivity contribution in [2.24, 2.45) is 0 Å². The molecule has 0 radical (unpaired) electrons. The van der Waals surface area contributed by atoms with Gasteiger partial charge < -0.3 is 4.74 Å². The molecule has 0 spiro atoms. The van der Waals surface area contributed by atoms with E-state index in [1.165, 1.54) is 0 Å². The molecule has 2 heterocycles. The number of hydrogen-bond donors (Lipinski definition) is 0. The third-order valence-electron chi connectivity index (χ3n) is 1.70. The maximum absolute atomic E-state index is 5.66. The van der Waals surface area contributed by atoms with Gasteiger partial charge in [0.05, 0.1) is 12.7 Å². The Balaban J connectivity index is 2.53. The molecular formula is C9H7ClN2OS. The summed E-state index contributed by atoms with van der Waals surface area (Å²) in [6, 6.07) is 3.95. The van der Waals surface area contributed by atoms with Gasteiger partial charge in [0.2, 0.25) is 11.2 Å². The van der Waals surface area contributed by atoms with Gasteiger partial charge in [0.25, 0.3) is 0 Å². The van der Waals surface area contributed by atoms with Crippen LogP contribution in [0.2, 0.25) is 5.28 Å². The van der Waals surface area contributed by atoms with E-state index >= 15 is 0 Å². The normalized spacial score (nSPS) is 10.1. The first-order valence-corrected chi connectivity index (χ1v) is 5.17. The van der Waals surface area contributed by atoms with Crippen molar-refractivity contribution in [2.45, 2.75) is 0 Å². The minimum atomic E-state index is 0.196. The summed E-state index contributed by atoms with van der Waals surface area (Å²) >= 11 is 7.27. The molecule has 2 aromatic rings. The summed E-state index contributed by atoms with van der Waals surface area (Å²) in [5, 5.41) is 2.19. The molecule has 0 unspecified atom stereocenters. The first-order chi connectivity index (χ1) is 6.81. The molecule has 0 fully saturated rings. The van der Waals surface area contributed by atoms with Crippen LogP contribution in [0.25, 0.3) is 10.4 Å². The zero-order chi connectivity index (χ0) is 9.97. The van der Waals surface area contributed by atoms with E-state index in [0.29, 0.717) is 5.88 Å². The topological polar surface area (TPSA) is 35.0 Å². The molecule has 0 atom stereocenters. The Kier molecular flexibility index (Phi) is 2.65. The largest absolute Gasteiger partial charge is 0.480 e. The highest BCUT2D eigenvalue weighted by Gasteiger charge is 2.09. The molecule has 0 amide bonds. The first kappa shape index (κ1) is 9.43. The Morgan fingerprint density at radius 3 is 3.00 bits per heavy atom. The van der Waals surface area contributed by atoms with Crippen molar-refractivity contribution in [2.75, 3.05) is 7.11 Å². The monoisotopic (exact) mass is 226 g/mol. The summed E-state index contributed by atoms with van der Waals surface area (Å²) in [4.78, 5) is 8.98. The van der Waals surface area contributed by atoms with Crippen molar-refractivity contribution in [3.8, 4) is 16.3 Å². The maximum Gasteiger partial charge on any atom is 0.226 e. The number of thiophene rings is 1. The third-order valence-corrected chi connectivity index (χ3v) is 2.79. The predicted octanol–water partition coefficient (Wildman–Crippen LogP) is 2.87. The van der Waals surface area contributed by atoms with Crippen LogP contribution >= 0.6 is 22.9 Å². The summed E-state index contributed by atoms with van der Waals surface area (Å²) in [5.41, 5.74) is 0.868. The van der Waals surface area contributed by atoms with Crippen molar-refractivity contribution in [1.29, 1.82) is 0 Å². The van der Waals surface area contributed by atoms with E-state index in [-0.39, 0.29) is 5.28 Å². The maximum atomic E-state index is 5.66. The number of rotatable bonds is 2. The van der Waals surface area contributed by atoms with Crippen molar-refractivity contribution in [3.05, 3.63) is 29.0 Å². The molecule has 5 heteroatoms. The lowest BCUT2D eigenvalue weighted by Crippen LogP contribution is -1.92. The molecule has 0 aliphatic carbocycles. The second kappa shape index (κ2) is 3.94. The average molecular weight is 227 g/mol. The van der Waals surface area contributed by atoms with Gasteiger partial charge in [0.1, 0.15) is 0 Å². The van der Waals surface area contributed by atoms with E-state index in [1.807, 2.05) is 17.5 Å². The minimum absolute atomic E-state index is 0.196. The second-order valence-electron chi connectivity index (χ2n) is 2.54. The highest BCUT2D eigenvalue weighted by molar-refractivity contribution is 7.13. The van der Waals surface area contributed by atoms with Gasteiger partial charge in [-0.15, -0.1) is 11.3 Å². The van der Waals surface area contributed by atoms with Crippen LogP contribution in [0.15, 0.2) is 23.7 Å². The van der Waals surface area contributed by atoms with E-state index in [4.69, 9.17) is 16.3 Å². The van der Waals surface area contributed by atoms with Gasteiger partial charge in [0, 0.05) is 11.1 Å². The molecule has 0 aromatic carbocycles. The number of halogens is 1. The van der Waals surface area contributed by atoms with Crippen LogP contribution in [0, 0.1) is 0 Å². The van der Waals surface area contributed by atoms with Crippen LogP contribution in [0.3, 0.4) is 0 Å². The van der Waals surface area contributed by atoms with Gasteiger partial charge in [-0.25, -0.2) is 4.98 Å². The molecule has 0 saturated heterocycles. The fourth-order valence-corrected chi connectivity index (χ4v) is 1.96. The van der Waals surface area contributed by atoms with E-state index < -0.39 is 0 Å². The lowest BCUT2D eigenvalue weighted by atomic mass is 10.3. The van der Waals surface area contributed by atoms with Crippen molar-refractivity contribution < 1.29 is 4.74 Å². The van der Waals surface area contributed by atoms with Crippen molar-refractivity contribution in [3.63, 3.8) is 0 Å². The zero-order valence-corrected chi connectivity index (χ0v) is 8.97. The number of ether oxygens (including phenoxy) is 1. The molecule has 3 nitrogen and oxygen atoms in total. The predicted molar refractivity (Wildman–Crippen MR) is 56.9 cm³/mol. The van der Waals surface area contributed by atoms with Gasteiger partial charge in [-0.05, 0) is 23.0 Å². The summed E-state index contributed by atoms with van der Waals surface area (Å²) in [6.07, 6.45) is 1.67. The summed E-state index contributed by atoms with van der Waals surface area (Å²) in [7, 11) is 1.57. The van der Waals surface area contributed by atoms with Crippen molar-refractivity contribution in [1.82, 2.24) is 9.97 Å². The fraction of sp³-hybridized carbons (Fsp3) is 0.111.